The minimum atomic E-state index is -0.147. The number of rotatable bonds is 3. The van der Waals surface area contributed by atoms with Gasteiger partial charge in [-0.25, -0.2) is 4.39 Å². The minimum absolute atomic E-state index is 0.0381. The first kappa shape index (κ1) is 9.59. The highest BCUT2D eigenvalue weighted by molar-refractivity contribution is 7.80. The third-order valence-corrected chi connectivity index (χ3v) is 2.36. The van der Waals surface area contributed by atoms with Crippen LogP contribution in [0.15, 0.2) is 24.3 Å². The third kappa shape index (κ3) is 2.24. The molecule has 0 aliphatic heterocycles. The molecule has 1 rings (SSSR count). The molecule has 1 aromatic rings. The molecule has 0 heterocycles. The van der Waals surface area contributed by atoms with Crippen LogP contribution < -0.4 is 0 Å². The summed E-state index contributed by atoms with van der Waals surface area (Å²) in [6, 6.07) is 6.82. The van der Waals surface area contributed by atoms with Crippen LogP contribution in [0.5, 0.6) is 0 Å². The molecular formula is C10H13FS. The van der Waals surface area contributed by atoms with Crippen LogP contribution in [-0.2, 0) is 0 Å². The van der Waals surface area contributed by atoms with E-state index in [4.69, 9.17) is 0 Å². The molecule has 0 saturated heterocycles. The second-order valence-electron chi connectivity index (χ2n) is 2.83. The Labute approximate surface area is 78.2 Å². The predicted molar refractivity (Wildman–Crippen MR) is 53.0 cm³/mol. The lowest BCUT2D eigenvalue weighted by molar-refractivity contribution is 0.601. The van der Waals surface area contributed by atoms with Crippen molar-refractivity contribution in [2.45, 2.75) is 25.0 Å². The molecule has 0 aliphatic carbocycles. The van der Waals surface area contributed by atoms with E-state index in [0.29, 0.717) is 5.56 Å². The standard InChI is InChI=1S/C10H13FS/c1-2-5-10(12)8-6-3-4-7-9(8)11/h3-4,6-7,10,12H,2,5H2,1H3. The molecule has 0 saturated carbocycles. The Bertz CT molecular complexity index is 247. The maximum absolute atomic E-state index is 13.1. The molecule has 1 aromatic carbocycles. The summed E-state index contributed by atoms with van der Waals surface area (Å²) < 4.78 is 13.1. The molecule has 66 valence electrons. The van der Waals surface area contributed by atoms with Crippen LogP contribution in [0.3, 0.4) is 0 Å². The van der Waals surface area contributed by atoms with Gasteiger partial charge in [0.2, 0.25) is 0 Å². The van der Waals surface area contributed by atoms with Crippen LogP contribution in [0.4, 0.5) is 4.39 Å². The van der Waals surface area contributed by atoms with Crippen LogP contribution in [0, 0.1) is 5.82 Å². The average molecular weight is 184 g/mol. The monoisotopic (exact) mass is 184 g/mol. The van der Waals surface area contributed by atoms with Gasteiger partial charge in [0.15, 0.2) is 0 Å². The molecule has 0 aromatic heterocycles. The first-order valence-corrected chi connectivity index (χ1v) is 4.69. The second-order valence-corrected chi connectivity index (χ2v) is 3.45. The summed E-state index contributed by atoms with van der Waals surface area (Å²) in [5.74, 6) is -0.147. The van der Waals surface area contributed by atoms with E-state index in [0.717, 1.165) is 12.8 Å². The quantitative estimate of drug-likeness (QED) is 0.682. The van der Waals surface area contributed by atoms with Gasteiger partial charge in [0, 0.05) is 10.8 Å². The van der Waals surface area contributed by atoms with Crippen LogP contribution in [0.1, 0.15) is 30.6 Å². The highest BCUT2D eigenvalue weighted by atomic mass is 32.1. The summed E-state index contributed by atoms with van der Waals surface area (Å²) in [6.45, 7) is 2.07. The average Bonchev–Trinajstić information content (AvgIpc) is 2.05. The molecule has 0 radical (unpaired) electrons. The van der Waals surface area contributed by atoms with Crippen LogP contribution in [-0.4, -0.2) is 0 Å². The molecule has 2 heteroatoms. The van der Waals surface area contributed by atoms with Crippen LogP contribution in [0.25, 0.3) is 0 Å². The fraction of sp³-hybridized carbons (Fsp3) is 0.400. The largest absolute Gasteiger partial charge is 0.207 e. The zero-order valence-electron chi connectivity index (χ0n) is 7.13. The lowest BCUT2D eigenvalue weighted by Crippen LogP contribution is -1.93. The van der Waals surface area contributed by atoms with E-state index in [1.807, 2.05) is 6.07 Å². The summed E-state index contributed by atoms with van der Waals surface area (Å²) in [5, 5.41) is 0.0381. The molecule has 1 unspecified atom stereocenters. The van der Waals surface area contributed by atoms with Gasteiger partial charge < -0.3 is 0 Å². The summed E-state index contributed by atoms with van der Waals surface area (Å²) in [5.41, 5.74) is 0.711. The van der Waals surface area contributed by atoms with Crippen molar-refractivity contribution in [3.8, 4) is 0 Å². The van der Waals surface area contributed by atoms with Gasteiger partial charge in [0.1, 0.15) is 5.82 Å². The number of hydrogen-bond donors (Lipinski definition) is 1. The fourth-order valence-electron chi connectivity index (χ4n) is 1.17. The maximum Gasteiger partial charge on any atom is 0.127 e. The summed E-state index contributed by atoms with van der Waals surface area (Å²) in [4.78, 5) is 0. The van der Waals surface area contributed by atoms with Crippen LogP contribution in [0.2, 0.25) is 0 Å². The van der Waals surface area contributed by atoms with Gasteiger partial charge in [0.05, 0.1) is 0 Å². The molecule has 1 atom stereocenters. The lowest BCUT2D eigenvalue weighted by Gasteiger charge is -2.09. The van der Waals surface area contributed by atoms with Crippen molar-refractivity contribution in [2.75, 3.05) is 0 Å². The Morgan fingerprint density at radius 3 is 2.67 bits per heavy atom. The topological polar surface area (TPSA) is 0 Å². The van der Waals surface area contributed by atoms with Crippen molar-refractivity contribution in [1.82, 2.24) is 0 Å². The van der Waals surface area contributed by atoms with E-state index < -0.39 is 0 Å². The van der Waals surface area contributed by atoms with E-state index >= 15 is 0 Å². The first-order valence-electron chi connectivity index (χ1n) is 4.18. The second kappa shape index (κ2) is 4.51. The van der Waals surface area contributed by atoms with E-state index in [2.05, 4.69) is 19.6 Å². The normalized spacial score (nSPS) is 12.9. The SMILES string of the molecule is CCCC(S)c1ccccc1F. The highest BCUT2D eigenvalue weighted by Gasteiger charge is 2.08. The van der Waals surface area contributed by atoms with Gasteiger partial charge in [-0.15, -0.1) is 0 Å². The predicted octanol–water partition coefficient (Wildman–Crippen LogP) is 3.60. The molecule has 0 aliphatic rings. The van der Waals surface area contributed by atoms with Crippen molar-refractivity contribution in [2.24, 2.45) is 0 Å². The van der Waals surface area contributed by atoms with E-state index in [1.54, 1.807) is 12.1 Å². The Kier molecular flexibility index (Phi) is 3.60. The van der Waals surface area contributed by atoms with Crippen molar-refractivity contribution in [3.05, 3.63) is 35.6 Å². The van der Waals surface area contributed by atoms with Crippen LogP contribution >= 0.6 is 12.6 Å². The summed E-state index contributed by atoms with van der Waals surface area (Å²) in [7, 11) is 0. The van der Waals surface area contributed by atoms with Gasteiger partial charge in [-0.1, -0.05) is 31.5 Å². The zero-order chi connectivity index (χ0) is 8.97. The van der Waals surface area contributed by atoms with E-state index in [-0.39, 0.29) is 11.1 Å². The number of hydrogen-bond acceptors (Lipinski definition) is 1. The smallest absolute Gasteiger partial charge is 0.127 e. The van der Waals surface area contributed by atoms with Gasteiger partial charge in [0.25, 0.3) is 0 Å². The van der Waals surface area contributed by atoms with Crippen molar-refractivity contribution < 1.29 is 4.39 Å². The summed E-state index contributed by atoms with van der Waals surface area (Å²) >= 11 is 4.33. The Balaban J connectivity index is 2.79. The third-order valence-electron chi connectivity index (χ3n) is 1.83. The maximum atomic E-state index is 13.1. The Hall–Kier alpha value is -0.500. The number of benzene rings is 1. The fourth-order valence-corrected chi connectivity index (χ4v) is 1.64. The van der Waals surface area contributed by atoms with Crippen molar-refractivity contribution in [3.63, 3.8) is 0 Å². The lowest BCUT2D eigenvalue weighted by atomic mass is 10.1. The summed E-state index contributed by atoms with van der Waals surface area (Å²) in [6.07, 6.45) is 1.95. The molecule has 0 fully saturated rings. The molecular weight excluding hydrogens is 171 g/mol. The molecule has 0 spiro atoms. The number of halogens is 1. The van der Waals surface area contributed by atoms with Crippen molar-refractivity contribution >= 4 is 12.6 Å². The Morgan fingerprint density at radius 2 is 2.08 bits per heavy atom. The minimum Gasteiger partial charge on any atom is -0.207 e. The molecule has 0 N–H and O–H groups in total. The molecule has 12 heavy (non-hydrogen) atoms. The Morgan fingerprint density at radius 1 is 1.42 bits per heavy atom. The van der Waals surface area contributed by atoms with E-state index in [1.165, 1.54) is 6.07 Å². The van der Waals surface area contributed by atoms with Crippen molar-refractivity contribution in [1.29, 1.82) is 0 Å². The highest BCUT2D eigenvalue weighted by Crippen LogP contribution is 2.26. The van der Waals surface area contributed by atoms with Gasteiger partial charge >= 0.3 is 0 Å². The van der Waals surface area contributed by atoms with E-state index in [9.17, 15) is 4.39 Å². The first-order chi connectivity index (χ1) is 5.75. The number of thiol groups is 1. The zero-order valence-corrected chi connectivity index (χ0v) is 8.02. The van der Waals surface area contributed by atoms with Gasteiger partial charge in [-0.3, -0.25) is 0 Å². The molecule has 0 amide bonds. The molecule has 0 nitrogen and oxygen atoms in total. The van der Waals surface area contributed by atoms with Gasteiger partial charge in [-0.2, -0.15) is 12.6 Å². The van der Waals surface area contributed by atoms with Gasteiger partial charge in [-0.05, 0) is 12.5 Å². The molecule has 0 bridgehead atoms.